The number of benzene rings is 2. The Hall–Kier alpha value is -2.51. The van der Waals surface area contributed by atoms with E-state index < -0.39 is 0 Å². The van der Waals surface area contributed by atoms with Crippen molar-refractivity contribution >= 4 is 28.4 Å². The van der Waals surface area contributed by atoms with E-state index in [9.17, 15) is 9.59 Å². The molecule has 0 bridgehead atoms. The molecule has 6 nitrogen and oxygen atoms in total. The smallest absolute Gasteiger partial charge is 0.328 e. The third kappa shape index (κ3) is 5.89. The summed E-state index contributed by atoms with van der Waals surface area (Å²) in [4.78, 5) is 34.2. The zero-order valence-electron chi connectivity index (χ0n) is 19.5. The van der Waals surface area contributed by atoms with E-state index in [1.54, 1.807) is 12.1 Å². The SMILES string of the molecule is CCCCSc1ccccc1N1CCN(CCCCn2c(=O)[nH]c3ccccc3c2=O)CC1. The largest absolute Gasteiger partial charge is 0.368 e. The summed E-state index contributed by atoms with van der Waals surface area (Å²) >= 11 is 1.97. The Balaban J connectivity index is 1.25. The molecular weight excluding hydrogens is 432 g/mol. The van der Waals surface area contributed by atoms with Crippen molar-refractivity contribution in [2.24, 2.45) is 0 Å². The maximum atomic E-state index is 12.7. The van der Waals surface area contributed by atoms with Gasteiger partial charge < -0.3 is 9.88 Å². The summed E-state index contributed by atoms with van der Waals surface area (Å²) < 4.78 is 1.34. The van der Waals surface area contributed by atoms with E-state index >= 15 is 0 Å². The Kier molecular flexibility index (Phi) is 8.29. The second-order valence-electron chi connectivity index (χ2n) is 8.64. The van der Waals surface area contributed by atoms with Gasteiger partial charge in [0.25, 0.3) is 5.56 Å². The first kappa shape index (κ1) is 23.6. The van der Waals surface area contributed by atoms with Crippen LogP contribution in [0.25, 0.3) is 10.9 Å². The summed E-state index contributed by atoms with van der Waals surface area (Å²) in [6.07, 6.45) is 4.28. The van der Waals surface area contributed by atoms with Crippen molar-refractivity contribution in [3.63, 3.8) is 0 Å². The normalized spacial score (nSPS) is 14.8. The molecule has 0 spiro atoms. The van der Waals surface area contributed by atoms with Gasteiger partial charge in [-0.3, -0.25) is 14.3 Å². The topological polar surface area (TPSA) is 61.3 Å². The molecule has 1 aromatic heterocycles. The van der Waals surface area contributed by atoms with E-state index in [4.69, 9.17) is 0 Å². The summed E-state index contributed by atoms with van der Waals surface area (Å²) in [6.45, 7) is 7.87. The first-order chi connectivity index (χ1) is 16.2. The highest BCUT2D eigenvalue weighted by Crippen LogP contribution is 2.31. The predicted octanol–water partition coefficient (Wildman–Crippen LogP) is 4.18. The van der Waals surface area contributed by atoms with Crippen LogP contribution in [0.15, 0.2) is 63.0 Å². The first-order valence-electron chi connectivity index (χ1n) is 12.1. The number of fused-ring (bicyclic) bond motifs is 1. The van der Waals surface area contributed by atoms with Gasteiger partial charge in [-0.1, -0.05) is 37.6 Å². The van der Waals surface area contributed by atoms with Crippen LogP contribution in [0.5, 0.6) is 0 Å². The Morgan fingerprint density at radius 1 is 0.879 bits per heavy atom. The summed E-state index contributed by atoms with van der Waals surface area (Å²) in [5.74, 6) is 1.18. The molecule has 176 valence electrons. The van der Waals surface area contributed by atoms with Crippen molar-refractivity contribution in [2.45, 2.75) is 44.0 Å². The van der Waals surface area contributed by atoms with Crippen LogP contribution in [0.1, 0.15) is 32.6 Å². The molecule has 1 N–H and O–H groups in total. The molecule has 7 heteroatoms. The van der Waals surface area contributed by atoms with Crippen molar-refractivity contribution in [3.05, 3.63) is 69.4 Å². The number of hydrogen-bond acceptors (Lipinski definition) is 5. The lowest BCUT2D eigenvalue weighted by Gasteiger charge is -2.37. The molecule has 0 atom stereocenters. The zero-order chi connectivity index (χ0) is 23.0. The lowest BCUT2D eigenvalue weighted by atomic mass is 10.2. The highest BCUT2D eigenvalue weighted by Gasteiger charge is 2.19. The van der Waals surface area contributed by atoms with Crippen LogP contribution in [-0.2, 0) is 6.54 Å². The molecular formula is C26H34N4O2S. The van der Waals surface area contributed by atoms with Gasteiger partial charge in [-0.05, 0) is 55.8 Å². The van der Waals surface area contributed by atoms with E-state index in [0.29, 0.717) is 17.4 Å². The molecule has 0 aliphatic carbocycles. The highest BCUT2D eigenvalue weighted by atomic mass is 32.2. The molecule has 1 aliphatic heterocycles. The number of rotatable bonds is 10. The molecule has 2 heterocycles. The van der Waals surface area contributed by atoms with E-state index in [-0.39, 0.29) is 11.2 Å². The molecule has 4 rings (SSSR count). The average molecular weight is 467 g/mol. The summed E-state index contributed by atoms with van der Waals surface area (Å²) in [5.41, 5.74) is 1.46. The van der Waals surface area contributed by atoms with E-state index in [1.165, 1.54) is 33.7 Å². The van der Waals surface area contributed by atoms with E-state index in [0.717, 1.165) is 45.6 Å². The number of anilines is 1. The molecule has 0 radical (unpaired) electrons. The van der Waals surface area contributed by atoms with E-state index in [2.05, 4.69) is 46.0 Å². The number of H-pyrrole nitrogens is 1. The third-order valence-corrected chi connectivity index (χ3v) is 7.48. The van der Waals surface area contributed by atoms with Crippen LogP contribution in [0.3, 0.4) is 0 Å². The fourth-order valence-corrected chi connectivity index (χ4v) is 5.56. The van der Waals surface area contributed by atoms with Crippen molar-refractivity contribution in [2.75, 3.05) is 43.4 Å². The Morgan fingerprint density at radius 3 is 2.42 bits per heavy atom. The molecule has 2 aromatic carbocycles. The maximum Gasteiger partial charge on any atom is 0.328 e. The predicted molar refractivity (Wildman–Crippen MR) is 139 cm³/mol. The van der Waals surface area contributed by atoms with Gasteiger partial charge in [-0.2, -0.15) is 0 Å². The number of aromatic nitrogens is 2. The van der Waals surface area contributed by atoms with Crippen LogP contribution < -0.4 is 16.1 Å². The average Bonchev–Trinajstić information content (AvgIpc) is 2.84. The Labute approximate surface area is 199 Å². The third-order valence-electron chi connectivity index (χ3n) is 6.33. The number of para-hydroxylation sites is 2. The molecule has 3 aromatic rings. The summed E-state index contributed by atoms with van der Waals surface area (Å²) in [6, 6.07) is 16.0. The van der Waals surface area contributed by atoms with Gasteiger partial charge in [-0.25, -0.2) is 4.79 Å². The van der Waals surface area contributed by atoms with Gasteiger partial charge in [0, 0.05) is 37.6 Å². The second kappa shape index (κ2) is 11.6. The lowest BCUT2D eigenvalue weighted by molar-refractivity contribution is 0.250. The molecule has 0 amide bonds. The van der Waals surface area contributed by atoms with Crippen LogP contribution in [0, 0.1) is 0 Å². The standard InChI is InChI=1S/C26H34N4O2S/c1-2-3-20-33-24-13-7-6-12-23(24)29-18-16-28(17-19-29)14-8-9-15-30-25(31)21-10-4-5-11-22(21)27-26(30)32/h4-7,10-13H,2-3,8-9,14-20H2,1H3,(H,27,32). The quantitative estimate of drug-likeness (QED) is 0.359. The molecule has 1 aliphatic rings. The molecule has 0 unspecified atom stereocenters. The van der Waals surface area contributed by atoms with Gasteiger partial charge in [0.15, 0.2) is 0 Å². The van der Waals surface area contributed by atoms with Gasteiger partial charge in [0.2, 0.25) is 0 Å². The number of thioether (sulfide) groups is 1. The monoisotopic (exact) mass is 466 g/mol. The number of hydrogen-bond donors (Lipinski definition) is 1. The van der Waals surface area contributed by atoms with Crippen molar-refractivity contribution in [3.8, 4) is 0 Å². The minimum absolute atomic E-state index is 0.196. The van der Waals surface area contributed by atoms with Crippen molar-refractivity contribution < 1.29 is 0 Å². The zero-order valence-corrected chi connectivity index (χ0v) is 20.3. The van der Waals surface area contributed by atoms with Crippen molar-refractivity contribution in [1.82, 2.24) is 14.5 Å². The highest BCUT2D eigenvalue weighted by molar-refractivity contribution is 7.99. The number of piperazine rings is 1. The second-order valence-corrected chi connectivity index (χ2v) is 9.77. The van der Waals surface area contributed by atoms with Crippen LogP contribution >= 0.6 is 11.8 Å². The minimum Gasteiger partial charge on any atom is -0.368 e. The lowest BCUT2D eigenvalue weighted by Crippen LogP contribution is -2.46. The molecule has 1 fully saturated rings. The minimum atomic E-state index is -0.317. The summed E-state index contributed by atoms with van der Waals surface area (Å²) in [7, 11) is 0. The van der Waals surface area contributed by atoms with Gasteiger partial charge in [0.05, 0.1) is 16.6 Å². The Bertz CT molecular complexity index is 1160. The molecule has 1 saturated heterocycles. The number of nitrogens with zero attached hydrogens (tertiary/aromatic N) is 3. The molecule has 0 saturated carbocycles. The van der Waals surface area contributed by atoms with Crippen LogP contribution in [-0.4, -0.2) is 52.9 Å². The first-order valence-corrected chi connectivity index (χ1v) is 13.1. The van der Waals surface area contributed by atoms with Gasteiger partial charge in [0.1, 0.15) is 0 Å². The number of nitrogens with one attached hydrogen (secondary N) is 1. The van der Waals surface area contributed by atoms with E-state index in [1.807, 2.05) is 23.9 Å². The Morgan fingerprint density at radius 2 is 1.61 bits per heavy atom. The fourth-order valence-electron chi connectivity index (χ4n) is 4.39. The number of unbranched alkanes of at least 4 members (excludes halogenated alkanes) is 2. The fraction of sp³-hybridized carbons (Fsp3) is 0.462. The van der Waals surface area contributed by atoms with Crippen molar-refractivity contribution in [1.29, 1.82) is 0 Å². The van der Waals surface area contributed by atoms with Gasteiger partial charge >= 0.3 is 5.69 Å². The van der Waals surface area contributed by atoms with Crippen LogP contribution in [0.2, 0.25) is 0 Å². The van der Waals surface area contributed by atoms with Crippen LogP contribution in [0.4, 0.5) is 5.69 Å². The number of aromatic amines is 1. The molecule has 33 heavy (non-hydrogen) atoms. The maximum absolute atomic E-state index is 12.7. The van der Waals surface area contributed by atoms with Gasteiger partial charge in [-0.15, -0.1) is 11.8 Å². The summed E-state index contributed by atoms with van der Waals surface area (Å²) in [5, 5.41) is 0.571.